The van der Waals surface area contributed by atoms with E-state index in [1.165, 1.54) is 7.11 Å². The molecule has 0 radical (unpaired) electrons. The summed E-state index contributed by atoms with van der Waals surface area (Å²) >= 11 is 0. The molecule has 0 unspecified atom stereocenters. The molecule has 0 saturated carbocycles. The standard InChI is InChI=1S/C22H20O3.2C2H6/c1-24-22(23)14-18-9-5-10-19(13-18)20-11-6-12-21(15-20)25-16-17-7-3-2-4-8-17;2*1-2/h2-13,15H,14,16H2,1H3;2*1-2H3. The SMILES string of the molecule is CC.CC.COC(=O)Cc1cccc(-c2cccc(OCc3ccccc3)c2)c1. The normalized spacial score (nSPS) is 9.28. The molecule has 0 aliphatic carbocycles. The van der Waals surface area contributed by atoms with Gasteiger partial charge in [0.1, 0.15) is 12.4 Å². The predicted molar refractivity (Wildman–Crippen MR) is 121 cm³/mol. The highest BCUT2D eigenvalue weighted by atomic mass is 16.5. The lowest BCUT2D eigenvalue weighted by molar-refractivity contribution is -0.139. The van der Waals surface area contributed by atoms with Crippen LogP contribution >= 0.6 is 0 Å². The highest BCUT2D eigenvalue weighted by Gasteiger charge is 2.06. The fraction of sp³-hybridized carbons (Fsp3) is 0.269. The van der Waals surface area contributed by atoms with E-state index < -0.39 is 0 Å². The Bertz CT molecular complexity index is 841. The minimum atomic E-state index is -0.239. The number of carbonyl (C=O) groups excluding carboxylic acids is 1. The molecular formula is C26H32O3. The number of hydrogen-bond donors (Lipinski definition) is 0. The van der Waals surface area contributed by atoms with E-state index in [-0.39, 0.29) is 12.4 Å². The van der Waals surface area contributed by atoms with Crippen LogP contribution in [0.1, 0.15) is 38.8 Å². The van der Waals surface area contributed by atoms with Gasteiger partial charge in [-0.1, -0.05) is 94.4 Å². The molecule has 0 aliphatic rings. The van der Waals surface area contributed by atoms with Gasteiger partial charge in [-0.25, -0.2) is 0 Å². The summed E-state index contributed by atoms with van der Waals surface area (Å²) in [5, 5.41) is 0. The first kappa shape index (κ1) is 24.0. The van der Waals surface area contributed by atoms with Gasteiger partial charge in [0.2, 0.25) is 0 Å². The summed E-state index contributed by atoms with van der Waals surface area (Å²) in [5.74, 6) is 0.580. The first-order valence-electron chi connectivity index (χ1n) is 10.2. The van der Waals surface area contributed by atoms with Crippen molar-refractivity contribution in [2.75, 3.05) is 7.11 Å². The summed E-state index contributed by atoms with van der Waals surface area (Å²) in [5.41, 5.74) is 4.16. The first-order valence-corrected chi connectivity index (χ1v) is 10.2. The Kier molecular flexibility index (Phi) is 11.6. The van der Waals surface area contributed by atoms with Gasteiger partial charge in [-0.05, 0) is 34.4 Å². The molecule has 0 N–H and O–H groups in total. The first-order chi connectivity index (χ1) is 14.2. The molecule has 3 aromatic carbocycles. The molecule has 3 heteroatoms. The molecule has 0 bridgehead atoms. The largest absolute Gasteiger partial charge is 0.489 e. The number of rotatable bonds is 6. The molecule has 3 rings (SSSR count). The zero-order chi connectivity index (χ0) is 21.5. The molecule has 29 heavy (non-hydrogen) atoms. The van der Waals surface area contributed by atoms with Crippen LogP contribution in [0, 0.1) is 0 Å². The average Bonchev–Trinajstić information content (AvgIpc) is 2.81. The maximum atomic E-state index is 11.5. The zero-order valence-corrected chi connectivity index (χ0v) is 18.1. The minimum absolute atomic E-state index is 0.239. The van der Waals surface area contributed by atoms with Crippen molar-refractivity contribution in [2.45, 2.75) is 40.7 Å². The summed E-state index contributed by atoms with van der Waals surface area (Å²) in [6.45, 7) is 8.53. The number of esters is 1. The van der Waals surface area contributed by atoms with E-state index in [9.17, 15) is 4.79 Å². The lowest BCUT2D eigenvalue weighted by Crippen LogP contribution is -2.04. The van der Waals surface area contributed by atoms with Gasteiger partial charge in [0.05, 0.1) is 13.5 Å². The zero-order valence-electron chi connectivity index (χ0n) is 18.1. The van der Waals surface area contributed by atoms with Crippen molar-refractivity contribution in [3.8, 4) is 16.9 Å². The van der Waals surface area contributed by atoms with E-state index >= 15 is 0 Å². The van der Waals surface area contributed by atoms with Gasteiger partial charge in [0.25, 0.3) is 0 Å². The number of methoxy groups -OCH3 is 1. The van der Waals surface area contributed by atoms with E-state index in [2.05, 4.69) is 0 Å². The van der Waals surface area contributed by atoms with Crippen LogP contribution in [-0.2, 0) is 22.6 Å². The van der Waals surface area contributed by atoms with Crippen LogP contribution in [0.15, 0.2) is 78.9 Å². The second-order valence-electron chi connectivity index (χ2n) is 5.76. The Morgan fingerprint density at radius 2 is 1.31 bits per heavy atom. The van der Waals surface area contributed by atoms with Crippen molar-refractivity contribution >= 4 is 5.97 Å². The van der Waals surface area contributed by atoms with Gasteiger partial charge in [0.15, 0.2) is 0 Å². The number of benzene rings is 3. The Labute approximate surface area is 175 Å². The number of hydrogen-bond acceptors (Lipinski definition) is 3. The van der Waals surface area contributed by atoms with Crippen molar-refractivity contribution in [1.29, 1.82) is 0 Å². The van der Waals surface area contributed by atoms with E-state index in [1.807, 2.05) is 107 Å². The molecule has 0 amide bonds. The Balaban J connectivity index is 0.000000989. The second kappa shape index (κ2) is 14.0. The van der Waals surface area contributed by atoms with Crippen molar-refractivity contribution in [1.82, 2.24) is 0 Å². The van der Waals surface area contributed by atoms with Crippen molar-refractivity contribution < 1.29 is 14.3 Å². The van der Waals surface area contributed by atoms with Crippen molar-refractivity contribution in [3.63, 3.8) is 0 Å². The molecule has 0 aromatic heterocycles. The van der Waals surface area contributed by atoms with Crippen LogP contribution in [0.2, 0.25) is 0 Å². The van der Waals surface area contributed by atoms with Crippen molar-refractivity contribution in [2.24, 2.45) is 0 Å². The van der Waals surface area contributed by atoms with E-state index in [4.69, 9.17) is 9.47 Å². The Morgan fingerprint density at radius 1 is 0.724 bits per heavy atom. The second-order valence-corrected chi connectivity index (χ2v) is 5.76. The molecule has 0 saturated heterocycles. The average molecular weight is 393 g/mol. The van der Waals surface area contributed by atoms with Crippen molar-refractivity contribution in [3.05, 3.63) is 90.0 Å². The van der Waals surface area contributed by atoms with Gasteiger partial charge in [-0.2, -0.15) is 0 Å². The van der Waals surface area contributed by atoms with Crippen LogP contribution in [-0.4, -0.2) is 13.1 Å². The van der Waals surface area contributed by atoms with Gasteiger partial charge in [0, 0.05) is 0 Å². The van der Waals surface area contributed by atoms with Crippen LogP contribution in [0.4, 0.5) is 0 Å². The lowest BCUT2D eigenvalue weighted by Gasteiger charge is -2.09. The molecule has 0 atom stereocenters. The lowest BCUT2D eigenvalue weighted by atomic mass is 10.0. The van der Waals surface area contributed by atoms with Gasteiger partial charge in [-0.3, -0.25) is 4.79 Å². The summed E-state index contributed by atoms with van der Waals surface area (Å²) in [6, 6.07) is 26.0. The molecule has 3 nitrogen and oxygen atoms in total. The van der Waals surface area contributed by atoms with Crippen LogP contribution < -0.4 is 4.74 Å². The summed E-state index contributed by atoms with van der Waals surface area (Å²) in [7, 11) is 1.40. The van der Waals surface area contributed by atoms with Gasteiger partial charge >= 0.3 is 5.97 Å². The number of ether oxygens (including phenoxy) is 2. The monoisotopic (exact) mass is 392 g/mol. The van der Waals surface area contributed by atoms with E-state index in [0.29, 0.717) is 6.61 Å². The van der Waals surface area contributed by atoms with Gasteiger partial charge in [-0.15, -0.1) is 0 Å². The molecule has 0 spiro atoms. The fourth-order valence-electron chi connectivity index (χ4n) is 2.61. The summed E-state index contributed by atoms with van der Waals surface area (Å²) in [4.78, 5) is 11.5. The number of carbonyl (C=O) groups is 1. The van der Waals surface area contributed by atoms with Crippen LogP contribution in [0.3, 0.4) is 0 Å². The third-order valence-corrected chi connectivity index (χ3v) is 3.92. The molecule has 0 heterocycles. The minimum Gasteiger partial charge on any atom is -0.489 e. The van der Waals surface area contributed by atoms with E-state index in [1.54, 1.807) is 0 Å². The molecular weight excluding hydrogens is 360 g/mol. The third kappa shape index (κ3) is 8.22. The maximum absolute atomic E-state index is 11.5. The van der Waals surface area contributed by atoms with Gasteiger partial charge < -0.3 is 9.47 Å². The smallest absolute Gasteiger partial charge is 0.309 e. The fourth-order valence-corrected chi connectivity index (χ4v) is 2.61. The van der Waals surface area contributed by atoms with Crippen LogP contribution in [0.25, 0.3) is 11.1 Å². The molecule has 0 fully saturated rings. The highest BCUT2D eigenvalue weighted by Crippen LogP contribution is 2.25. The van der Waals surface area contributed by atoms with E-state index in [0.717, 1.165) is 28.0 Å². The quantitative estimate of drug-likeness (QED) is 0.438. The Morgan fingerprint density at radius 3 is 1.97 bits per heavy atom. The molecule has 0 aliphatic heterocycles. The summed E-state index contributed by atoms with van der Waals surface area (Å²) < 4.78 is 10.6. The third-order valence-electron chi connectivity index (χ3n) is 3.92. The maximum Gasteiger partial charge on any atom is 0.309 e. The van der Waals surface area contributed by atoms with Crippen LogP contribution in [0.5, 0.6) is 5.75 Å². The highest BCUT2D eigenvalue weighted by molar-refractivity contribution is 5.74. The predicted octanol–water partition coefficient (Wildman–Crippen LogP) is 6.70. The topological polar surface area (TPSA) is 35.5 Å². The molecule has 3 aromatic rings. The summed E-state index contributed by atoms with van der Waals surface area (Å²) in [6.07, 6.45) is 0.272. The molecule has 154 valence electrons. The Hall–Kier alpha value is -3.07.